The Morgan fingerprint density at radius 2 is 2.21 bits per heavy atom. The molecule has 2 aromatic rings. The standard InChI is InChI=1S/C8H6Br2N2OS/c1-13-4-2-3(9)6-7(5(4)10)14-8(11)12-6/h2H,1H3,(H2,11,12). The van der Waals surface area contributed by atoms with E-state index in [1.807, 2.05) is 6.07 Å². The summed E-state index contributed by atoms with van der Waals surface area (Å²) in [4.78, 5) is 4.21. The molecule has 2 rings (SSSR count). The molecule has 0 saturated carbocycles. The SMILES string of the molecule is COc1cc(Br)c2nc(N)sc2c1Br. The molecule has 0 aliphatic heterocycles. The zero-order valence-electron chi connectivity index (χ0n) is 7.17. The molecule has 0 fully saturated rings. The molecule has 0 aliphatic rings. The molecule has 0 bridgehead atoms. The van der Waals surface area contributed by atoms with E-state index in [0.29, 0.717) is 5.13 Å². The van der Waals surface area contributed by atoms with Gasteiger partial charge in [0.15, 0.2) is 5.13 Å². The summed E-state index contributed by atoms with van der Waals surface area (Å²) in [6.07, 6.45) is 0. The van der Waals surface area contributed by atoms with Crippen LogP contribution in [0.25, 0.3) is 10.2 Å². The number of fused-ring (bicyclic) bond motifs is 1. The van der Waals surface area contributed by atoms with E-state index in [4.69, 9.17) is 10.5 Å². The van der Waals surface area contributed by atoms with Gasteiger partial charge in [0.05, 0.1) is 21.8 Å². The van der Waals surface area contributed by atoms with Crippen LogP contribution in [0.1, 0.15) is 0 Å². The van der Waals surface area contributed by atoms with E-state index >= 15 is 0 Å². The lowest BCUT2D eigenvalue weighted by Crippen LogP contribution is -1.85. The van der Waals surface area contributed by atoms with Crippen molar-refractivity contribution in [1.29, 1.82) is 0 Å². The fraction of sp³-hybridized carbons (Fsp3) is 0.125. The maximum Gasteiger partial charge on any atom is 0.181 e. The van der Waals surface area contributed by atoms with Gasteiger partial charge >= 0.3 is 0 Å². The van der Waals surface area contributed by atoms with Crippen LogP contribution in [0, 0.1) is 0 Å². The number of nitrogens with two attached hydrogens (primary N) is 1. The van der Waals surface area contributed by atoms with Crippen molar-refractivity contribution in [1.82, 2.24) is 4.98 Å². The molecule has 1 heterocycles. The van der Waals surface area contributed by atoms with Gasteiger partial charge in [-0.15, -0.1) is 0 Å². The van der Waals surface area contributed by atoms with Crippen molar-refractivity contribution < 1.29 is 4.74 Å². The van der Waals surface area contributed by atoms with Gasteiger partial charge in [-0.05, 0) is 37.9 Å². The van der Waals surface area contributed by atoms with Gasteiger partial charge in [-0.1, -0.05) is 11.3 Å². The maximum absolute atomic E-state index is 5.64. The van der Waals surface area contributed by atoms with Crippen LogP contribution in [0.15, 0.2) is 15.0 Å². The van der Waals surface area contributed by atoms with Crippen LogP contribution in [0.3, 0.4) is 0 Å². The summed E-state index contributed by atoms with van der Waals surface area (Å²) in [5.41, 5.74) is 6.51. The van der Waals surface area contributed by atoms with Crippen molar-refractivity contribution in [2.45, 2.75) is 0 Å². The molecule has 0 unspecified atom stereocenters. The van der Waals surface area contributed by atoms with Crippen molar-refractivity contribution in [2.75, 3.05) is 12.8 Å². The highest BCUT2D eigenvalue weighted by Crippen LogP contribution is 2.41. The minimum absolute atomic E-state index is 0.551. The third kappa shape index (κ3) is 1.51. The van der Waals surface area contributed by atoms with Crippen LogP contribution >= 0.6 is 43.2 Å². The van der Waals surface area contributed by atoms with E-state index in [-0.39, 0.29) is 0 Å². The van der Waals surface area contributed by atoms with Crippen molar-refractivity contribution >= 4 is 58.5 Å². The molecule has 0 spiro atoms. The quantitative estimate of drug-likeness (QED) is 0.867. The number of methoxy groups -OCH3 is 1. The minimum atomic E-state index is 0.551. The Balaban J connectivity index is 2.86. The number of hydrogen-bond donors (Lipinski definition) is 1. The zero-order valence-corrected chi connectivity index (χ0v) is 11.2. The normalized spacial score (nSPS) is 10.8. The van der Waals surface area contributed by atoms with E-state index in [1.54, 1.807) is 7.11 Å². The molecule has 0 aliphatic carbocycles. The zero-order chi connectivity index (χ0) is 10.3. The van der Waals surface area contributed by atoms with Crippen LogP contribution in [-0.2, 0) is 0 Å². The summed E-state index contributed by atoms with van der Waals surface area (Å²) in [6.45, 7) is 0. The van der Waals surface area contributed by atoms with Crippen LogP contribution in [-0.4, -0.2) is 12.1 Å². The highest BCUT2D eigenvalue weighted by molar-refractivity contribution is 9.11. The average Bonchev–Trinajstić information content (AvgIpc) is 2.54. The monoisotopic (exact) mass is 336 g/mol. The fourth-order valence-corrected chi connectivity index (χ4v) is 3.28. The Bertz CT molecular complexity index is 498. The Kier molecular flexibility index (Phi) is 2.68. The Hall–Kier alpha value is -0.330. The molecular weight excluding hydrogens is 332 g/mol. The first-order valence-corrected chi connectivity index (χ1v) is 6.11. The van der Waals surface area contributed by atoms with Crippen LogP contribution in [0.5, 0.6) is 5.75 Å². The van der Waals surface area contributed by atoms with E-state index in [2.05, 4.69) is 36.8 Å². The number of nitrogens with zero attached hydrogens (tertiary/aromatic N) is 1. The van der Waals surface area contributed by atoms with E-state index < -0.39 is 0 Å². The van der Waals surface area contributed by atoms with Gasteiger partial charge in [-0.25, -0.2) is 4.98 Å². The van der Waals surface area contributed by atoms with Gasteiger partial charge < -0.3 is 10.5 Å². The Labute approximate surface area is 102 Å². The molecule has 3 nitrogen and oxygen atoms in total. The lowest BCUT2D eigenvalue weighted by atomic mass is 10.3. The molecule has 0 amide bonds. The summed E-state index contributed by atoms with van der Waals surface area (Å²) in [7, 11) is 1.63. The molecule has 1 aromatic carbocycles. The van der Waals surface area contributed by atoms with Gasteiger partial charge in [-0.2, -0.15) is 0 Å². The lowest BCUT2D eigenvalue weighted by molar-refractivity contribution is 0.412. The first kappa shape index (κ1) is 10.2. The molecule has 0 saturated heterocycles. The third-order valence-electron chi connectivity index (χ3n) is 1.76. The van der Waals surface area contributed by atoms with Crippen molar-refractivity contribution in [3.63, 3.8) is 0 Å². The van der Waals surface area contributed by atoms with Gasteiger partial charge in [0.2, 0.25) is 0 Å². The second-order valence-electron chi connectivity index (χ2n) is 2.60. The highest BCUT2D eigenvalue weighted by atomic mass is 79.9. The third-order valence-corrected chi connectivity index (χ3v) is 4.32. The van der Waals surface area contributed by atoms with E-state index in [9.17, 15) is 0 Å². The first-order chi connectivity index (χ1) is 6.63. The van der Waals surface area contributed by atoms with Gasteiger partial charge in [0.25, 0.3) is 0 Å². The van der Waals surface area contributed by atoms with Crippen LogP contribution in [0.4, 0.5) is 5.13 Å². The number of hydrogen-bond acceptors (Lipinski definition) is 4. The maximum atomic E-state index is 5.64. The topological polar surface area (TPSA) is 48.1 Å². The predicted molar refractivity (Wildman–Crippen MR) is 66.0 cm³/mol. The van der Waals surface area contributed by atoms with Gasteiger partial charge in [0.1, 0.15) is 5.75 Å². The van der Waals surface area contributed by atoms with Crippen LogP contribution in [0.2, 0.25) is 0 Å². The second kappa shape index (κ2) is 3.67. The lowest BCUT2D eigenvalue weighted by Gasteiger charge is -2.04. The number of ether oxygens (including phenoxy) is 1. The Morgan fingerprint density at radius 3 is 2.86 bits per heavy atom. The van der Waals surface area contributed by atoms with Crippen molar-refractivity contribution in [3.05, 3.63) is 15.0 Å². The first-order valence-electron chi connectivity index (χ1n) is 3.71. The molecule has 74 valence electrons. The predicted octanol–water partition coefficient (Wildman–Crippen LogP) is 3.41. The highest BCUT2D eigenvalue weighted by Gasteiger charge is 2.13. The Morgan fingerprint density at radius 1 is 1.50 bits per heavy atom. The van der Waals surface area contributed by atoms with Gasteiger partial charge in [0, 0.05) is 4.47 Å². The summed E-state index contributed by atoms with van der Waals surface area (Å²) < 4.78 is 7.98. The summed E-state index contributed by atoms with van der Waals surface area (Å²) >= 11 is 8.31. The number of rotatable bonds is 1. The minimum Gasteiger partial charge on any atom is -0.495 e. The van der Waals surface area contributed by atoms with Crippen molar-refractivity contribution in [2.24, 2.45) is 0 Å². The molecule has 6 heteroatoms. The summed E-state index contributed by atoms with van der Waals surface area (Å²) in [5.74, 6) is 0.771. The average molecular weight is 338 g/mol. The molecule has 14 heavy (non-hydrogen) atoms. The molecule has 0 atom stereocenters. The number of thiazole rings is 1. The molecule has 2 N–H and O–H groups in total. The molecule has 0 radical (unpaired) electrons. The largest absolute Gasteiger partial charge is 0.495 e. The number of nitrogen functional groups attached to an aromatic ring is 1. The molecular formula is C8H6Br2N2OS. The van der Waals surface area contributed by atoms with Crippen LogP contribution < -0.4 is 10.5 Å². The molecule has 1 aromatic heterocycles. The number of anilines is 1. The number of benzene rings is 1. The van der Waals surface area contributed by atoms with E-state index in [1.165, 1.54) is 11.3 Å². The second-order valence-corrected chi connectivity index (χ2v) is 5.28. The summed E-state index contributed by atoms with van der Waals surface area (Å²) in [6, 6.07) is 1.87. The van der Waals surface area contributed by atoms with E-state index in [0.717, 1.165) is 24.9 Å². The number of aromatic nitrogens is 1. The summed E-state index contributed by atoms with van der Waals surface area (Å²) in [5, 5.41) is 0.551. The smallest absolute Gasteiger partial charge is 0.181 e. The fourth-order valence-electron chi connectivity index (χ4n) is 1.15. The van der Waals surface area contributed by atoms with Gasteiger partial charge in [-0.3, -0.25) is 0 Å². The van der Waals surface area contributed by atoms with Crippen molar-refractivity contribution in [3.8, 4) is 5.75 Å². The number of halogens is 2.